The quantitative estimate of drug-likeness (QED) is 0.554. The minimum atomic E-state index is -1.32. The molecule has 4 rings (SSSR count). The summed E-state index contributed by atoms with van der Waals surface area (Å²) in [6.07, 6.45) is 0. The van der Waals surface area contributed by atoms with Gasteiger partial charge in [-0.05, 0) is 48.9 Å². The third-order valence-corrected chi connectivity index (χ3v) is 4.44. The van der Waals surface area contributed by atoms with Gasteiger partial charge in [0.25, 0.3) is 0 Å². The van der Waals surface area contributed by atoms with E-state index < -0.39 is 17.2 Å². The molecular formula is C20H17F2N5O. The average Bonchev–Trinajstić information content (AvgIpc) is 3.10. The molecule has 2 heterocycles. The number of aromatic nitrogens is 4. The molecule has 4 aromatic rings. The normalized spacial score (nSPS) is 13.4. The van der Waals surface area contributed by atoms with E-state index in [0.29, 0.717) is 17.0 Å². The van der Waals surface area contributed by atoms with Crippen LogP contribution in [0, 0.1) is 11.6 Å². The van der Waals surface area contributed by atoms with Crippen molar-refractivity contribution < 1.29 is 13.9 Å². The number of benzene rings is 2. The molecule has 28 heavy (non-hydrogen) atoms. The Morgan fingerprint density at radius 2 is 1.86 bits per heavy atom. The second kappa shape index (κ2) is 6.97. The van der Waals surface area contributed by atoms with Crippen LogP contribution < -0.4 is 5.32 Å². The summed E-state index contributed by atoms with van der Waals surface area (Å²) in [4.78, 5) is 0. The summed E-state index contributed by atoms with van der Waals surface area (Å²) in [5.74, 6) is -0.141. The number of nitrogens with zero attached hydrogens (tertiary/aromatic N) is 4. The molecule has 0 fully saturated rings. The number of rotatable bonds is 5. The van der Waals surface area contributed by atoms with Crippen molar-refractivity contribution in [3.8, 4) is 11.4 Å². The molecule has 0 bridgehead atoms. The molecule has 0 aliphatic rings. The van der Waals surface area contributed by atoms with Crippen LogP contribution in [0.3, 0.4) is 0 Å². The first-order valence-corrected chi connectivity index (χ1v) is 8.64. The van der Waals surface area contributed by atoms with Crippen LogP contribution >= 0.6 is 0 Å². The molecule has 0 aliphatic carbocycles. The molecule has 1 atom stereocenters. The van der Waals surface area contributed by atoms with Gasteiger partial charge in [0, 0.05) is 6.54 Å². The molecular weight excluding hydrogens is 364 g/mol. The zero-order valence-corrected chi connectivity index (χ0v) is 15.0. The Bertz CT molecular complexity index is 1140. The summed E-state index contributed by atoms with van der Waals surface area (Å²) >= 11 is 0. The van der Waals surface area contributed by atoms with Gasteiger partial charge < -0.3 is 10.4 Å². The molecule has 0 saturated carbocycles. The van der Waals surface area contributed by atoms with E-state index in [0.717, 1.165) is 0 Å². The van der Waals surface area contributed by atoms with Crippen LogP contribution in [0.5, 0.6) is 0 Å². The first-order chi connectivity index (χ1) is 13.4. The van der Waals surface area contributed by atoms with Crippen molar-refractivity contribution in [1.29, 1.82) is 0 Å². The molecule has 0 saturated heterocycles. The van der Waals surface area contributed by atoms with Crippen LogP contribution in [0.25, 0.3) is 17.0 Å². The maximum Gasteiger partial charge on any atom is 0.188 e. The van der Waals surface area contributed by atoms with Crippen LogP contribution in [0.15, 0.2) is 60.7 Å². The zero-order chi connectivity index (χ0) is 19.7. The minimum Gasteiger partial charge on any atom is -0.384 e. The first-order valence-electron chi connectivity index (χ1n) is 8.64. The highest BCUT2D eigenvalue weighted by Crippen LogP contribution is 2.23. The Hall–Kier alpha value is -3.39. The van der Waals surface area contributed by atoms with Crippen LogP contribution in [0.2, 0.25) is 0 Å². The molecule has 0 radical (unpaired) electrons. The van der Waals surface area contributed by atoms with Crippen LogP contribution in [-0.2, 0) is 5.60 Å². The Labute approximate surface area is 159 Å². The number of anilines is 1. The maximum atomic E-state index is 14.1. The van der Waals surface area contributed by atoms with Gasteiger partial charge in [-0.3, -0.25) is 0 Å². The van der Waals surface area contributed by atoms with E-state index in [-0.39, 0.29) is 17.9 Å². The van der Waals surface area contributed by atoms with E-state index in [9.17, 15) is 13.9 Å². The predicted octanol–water partition coefficient (Wildman–Crippen LogP) is 3.39. The Balaban J connectivity index is 1.62. The van der Waals surface area contributed by atoms with E-state index in [1.165, 1.54) is 22.7 Å². The maximum absolute atomic E-state index is 14.1. The van der Waals surface area contributed by atoms with Gasteiger partial charge in [-0.15, -0.1) is 15.3 Å². The summed E-state index contributed by atoms with van der Waals surface area (Å²) in [7, 11) is 0. The monoisotopic (exact) mass is 381 g/mol. The van der Waals surface area contributed by atoms with Crippen molar-refractivity contribution in [1.82, 2.24) is 19.8 Å². The molecule has 2 aromatic carbocycles. The van der Waals surface area contributed by atoms with Crippen LogP contribution in [0.4, 0.5) is 14.6 Å². The van der Waals surface area contributed by atoms with Crippen molar-refractivity contribution in [3.63, 3.8) is 0 Å². The molecule has 2 aromatic heterocycles. The Morgan fingerprint density at radius 1 is 1.04 bits per heavy atom. The van der Waals surface area contributed by atoms with E-state index in [4.69, 9.17) is 0 Å². The van der Waals surface area contributed by atoms with Crippen molar-refractivity contribution >= 4 is 11.5 Å². The second-order valence-electron chi connectivity index (χ2n) is 6.63. The molecule has 0 aliphatic heterocycles. The predicted molar refractivity (Wildman–Crippen MR) is 101 cm³/mol. The molecule has 2 N–H and O–H groups in total. The molecule has 8 heteroatoms. The van der Waals surface area contributed by atoms with Crippen molar-refractivity contribution in [2.45, 2.75) is 12.5 Å². The summed E-state index contributed by atoms with van der Waals surface area (Å²) in [6.45, 7) is 1.67. The first kappa shape index (κ1) is 18.0. The lowest BCUT2D eigenvalue weighted by atomic mass is 9.96. The third-order valence-electron chi connectivity index (χ3n) is 4.44. The van der Waals surface area contributed by atoms with Gasteiger partial charge in [0.15, 0.2) is 11.5 Å². The fourth-order valence-corrected chi connectivity index (χ4v) is 2.88. The largest absolute Gasteiger partial charge is 0.384 e. The summed E-state index contributed by atoms with van der Waals surface area (Å²) < 4.78 is 29.0. The Kier molecular flexibility index (Phi) is 4.48. The average molecular weight is 381 g/mol. The second-order valence-corrected chi connectivity index (χ2v) is 6.63. The highest BCUT2D eigenvalue weighted by molar-refractivity contribution is 5.60. The number of fused-ring (bicyclic) bond motifs is 1. The summed E-state index contributed by atoms with van der Waals surface area (Å²) in [6, 6.07) is 15.4. The van der Waals surface area contributed by atoms with Gasteiger partial charge in [-0.25, -0.2) is 8.78 Å². The topological polar surface area (TPSA) is 75.3 Å². The molecule has 142 valence electrons. The van der Waals surface area contributed by atoms with Gasteiger partial charge in [0.2, 0.25) is 0 Å². The fourth-order valence-electron chi connectivity index (χ4n) is 2.88. The van der Waals surface area contributed by atoms with Gasteiger partial charge in [0.05, 0.1) is 5.56 Å². The number of hydrogen-bond donors (Lipinski definition) is 2. The number of halogens is 2. The number of nitrogens with one attached hydrogen (secondary N) is 1. The fraction of sp³-hybridized carbons (Fsp3) is 0.150. The highest BCUT2D eigenvalue weighted by atomic mass is 19.1. The van der Waals surface area contributed by atoms with E-state index in [1.54, 1.807) is 49.4 Å². The summed E-state index contributed by atoms with van der Waals surface area (Å²) in [5.41, 5.74) is -0.134. The van der Waals surface area contributed by atoms with E-state index in [1.807, 2.05) is 0 Å². The smallest absolute Gasteiger partial charge is 0.188 e. The van der Waals surface area contributed by atoms with Crippen molar-refractivity contribution in [3.05, 3.63) is 77.9 Å². The lowest BCUT2D eigenvalue weighted by Crippen LogP contribution is -2.31. The molecule has 0 amide bonds. The third kappa shape index (κ3) is 3.41. The standard InChI is InChI=1S/C20H17F2N5O/c1-20(28,13-5-4-6-14(21)11-13)12-23-17-9-10-18-24-25-19(27(18)26-17)15-7-2-3-8-16(15)22/h2-11,28H,12H2,1H3,(H,23,26). The number of hydrogen-bond acceptors (Lipinski definition) is 5. The lowest BCUT2D eigenvalue weighted by molar-refractivity contribution is 0.0711. The SMILES string of the molecule is CC(O)(CNc1ccc2nnc(-c3ccccc3F)n2n1)c1cccc(F)c1. The zero-order valence-electron chi connectivity index (χ0n) is 15.0. The summed E-state index contributed by atoms with van der Waals surface area (Å²) in [5, 5.41) is 26.1. The van der Waals surface area contributed by atoms with Gasteiger partial charge in [-0.2, -0.15) is 4.52 Å². The van der Waals surface area contributed by atoms with Gasteiger partial charge in [-0.1, -0.05) is 24.3 Å². The molecule has 6 nitrogen and oxygen atoms in total. The molecule has 0 spiro atoms. The van der Waals surface area contributed by atoms with Crippen LogP contribution in [-0.4, -0.2) is 31.5 Å². The number of aliphatic hydroxyl groups is 1. The van der Waals surface area contributed by atoms with Gasteiger partial charge >= 0.3 is 0 Å². The van der Waals surface area contributed by atoms with Crippen molar-refractivity contribution in [2.75, 3.05) is 11.9 Å². The minimum absolute atomic E-state index is 0.0894. The lowest BCUT2D eigenvalue weighted by Gasteiger charge is -2.24. The van der Waals surface area contributed by atoms with Crippen LogP contribution in [0.1, 0.15) is 12.5 Å². The highest BCUT2D eigenvalue weighted by Gasteiger charge is 2.23. The van der Waals surface area contributed by atoms with Crippen molar-refractivity contribution in [2.24, 2.45) is 0 Å². The van der Waals surface area contributed by atoms with E-state index >= 15 is 0 Å². The van der Waals surface area contributed by atoms with E-state index in [2.05, 4.69) is 20.6 Å². The van der Waals surface area contributed by atoms with Gasteiger partial charge in [0.1, 0.15) is 23.1 Å². The molecule has 1 unspecified atom stereocenters. The Morgan fingerprint density at radius 3 is 2.64 bits per heavy atom.